The summed E-state index contributed by atoms with van der Waals surface area (Å²) in [5, 5.41) is 11.5. The van der Waals surface area contributed by atoms with Crippen molar-refractivity contribution in [2.45, 2.75) is 32.4 Å². The highest BCUT2D eigenvalue weighted by Crippen LogP contribution is 2.29. The first kappa shape index (κ1) is 19.2. The van der Waals surface area contributed by atoms with Crippen molar-refractivity contribution in [3.63, 3.8) is 0 Å². The molecular weight excluding hydrogens is 342 g/mol. The van der Waals surface area contributed by atoms with Gasteiger partial charge in [0.1, 0.15) is 6.04 Å². The Morgan fingerprint density at radius 2 is 1.92 bits per heavy atom. The Bertz CT molecular complexity index is 877. The number of aliphatic carboxylic acids is 1. The molecule has 1 heterocycles. The van der Waals surface area contributed by atoms with Crippen molar-refractivity contribution in [3.8, 4) is 11.5 Å². The number of nitrogens with one attached hydrogen (secondary N) is 1. The lowest BCUT2D eigenvalue weighted by Gasteiger charge is -2.11. The number of hydrogen-bond acceptors (Lipinski definition) is 6. The maximum Gasteiger partial charge on any atom is 0.325 e. The number of carbonyl (C=O) groups is 2. The summed E-state index contributed by atoms with van der Waals surface area (Å²) in [4.78, 5) is 39.2. The average molecular weight is 363 g/mol. The summed E-state index contributed by atoms with van der Waals surface area (Å²) in [6.45, 7) is 1.67. The zero-order chi connectivity index (χ0) is 19.3. The van der Waals surface area contributed by atoms with Gasteiger partial charge in [-0.1, -0.05) is 0 Å². The Hall–Kier alpha value is -3.10. The first-order chi connectivity index (χ1) is 12.4. The zero-order valence-electron chi connectivity index (χ0n) is 14.8. The summed E-state index contributed by atoms with van der Waals surface area (Å²) in [6.07, 6.45) is 1.89. The van der Waals surface area contributed by atoms with E-state index in [-0.39, 0.29) is 24.4 Å². The lowest BCUT2D eigenvalue weighted by molar-refractivity contribution is -0.141. The van der Waals surface area contributed by atoms with Gasteiger partial charge in [-0.25, -0.2) is 4.98 Å². The van der Waals surface area contributed by atoms with Gasteiger partial charge in [0.25, 0.3) is 5.56 Å². The molecule has 0 aliphatic carbocycles. The standard InChI is InChI=1S/C17H21N3O6/c1-10(17(23)24)19-15(21)5-4-6-20-9-18-12-8-14(26-3)13(25-2)7-11(12)16(20)22/h7-10H,4-6H2,1-3H3,(H,19,21)(H,23,24). The maximum absolute atomic E-state index is 12.6. The van der Waals surface area contributed by atoms with Gasteiger partial charge in [0.05, 0.1) is 31.4 Å². The van der Waals surface area contributed by atoms with Gasteiger partial charge < -0.3 is 19.9 Å². The highest BCUT2D eigenvalue weighted by molar-refractivity contribution is 5.83. The van der Waals surface area contributed by atoms with Gasteiger partial charge in [-0.05, 0) is 19.4 Å². The fourth-order valence-corrected chi connectivity index (χ4v) is 2.43. The lowest BCUT2D eigenvalue weighted by Crippen LogP contribution is -2.38. The Morgan fingerprint density at radius 1 is 1.27 bits per heavy atom. The van der Waals surface area contributed by atoms with Gasteiger partial charge in [0, 0.05) is 19.0 Å². The normalized spacial score (nSPS) is 11.8. The summed E-state index contributed by atoms with van der Waals surface area (Å²) in [7, 11) is 2.98. The summed E-state index contributed by atoms with van der Waals surface area (Å²) >= 11 is 0. The van der Waals surface area contributed by atoms with E-state index in [4.69, 9.17) is 14.6 Å². The van der Waals surface area contributed by atoms with Crippen LogP contribution in [0.4, 0.5) is 0 Å². The van der Waals surface area contributed by atoms with Crippen LogP contribution in [0, 0.1) is 0 Å². The molecule has 1 aromatic heterocycles. The van der Waals surface area contributed by atoms with Crippen LogP contribution in [0.15, 0.2) is 23.3 Å². The summed E-state index contributed by atoms with van der Waals surface area (Å²) < 4.78 is 11.8. The number of benzene rings is 1. The van der Waals surface area contributed by atoms with Crippen molar-refractivity contribution >= 4 is 22.8 Å². The molecular formula is C17H21N3O6. The second-order valence-electron chi connectivity index (χ2n) is 5.70. The van der Waals surface area contributed by atoms with Crippen LogP contribution in [0.25, 0.3) is 10.9 Å². The second-order valence-corrected chi connectivity index (χ2v) is 5.70. The third-order valence-corrected chi connectivity index (χ3v) is 3.88. The van der Waals surface area contributed by atoms with Crippen molar-refractivity contribution in [1.82, 2.24) is 14.9 Å². The number of carboxylic acid groups (broad SMARTS) is 1. The number of nitrogens with zero attached hydrogens (tertiary/aromatic N) is 2. The molecule has 2 rings (SSSR count). The topological polar surface area (TPSA) is 120 Å². The predicted molar refractivity (Wildman–Crippen MR) is 93.6 cm³/mol. The number of ether oxygens (including phenoxy) is 2. The van der Waals surface area contributed by atoms with Gasteiger partial charge in [-0.15, -0.1) is 0 Å². The van der Waals surface area contributed by atoms with E-state index >= 15 is 0 Å². The molecule has 0 radical (unpaired) electrons. The van der Waals surface area contributed by atoms with E-state index in [9.17, 15) is 14.4 Å². The minimum atomic E-state index is -1.10. The lowest BCUT2D eigenvalue weighted by atomic mass is 10.2. The number of carbonyl (C=O) groups excluding carboxylic acids is 1. The van der Waals surface area contributed by atoms with Gasteiger partial charge in [-0.2, -0.15) is 0 Å². The Balaban J connectivity index is 2.11. The van der Waals surface area contributed by atoms with Crippen LogP contribution in [0.3, 0.4) is 0 Å². The Labute approximate surface area is 149 Å². The first-order valence-corrected chi connectivity index (χ1v) is 8.00. The summed E-state index contributed by atoms with van der Waals surface area (Å²) in [6, 6.07) is 2.25. The molecule has 0 spiro atoms. The van der Waals surface area contributed by atoms with Crippen molar-refractivity contribution in [2.75, 3.05) is 14.2 Å². The summed E-state index contributed by atoms with van der Waals surface area (Å²) in [5.74, 6) is -0.571. The van der Waals surface area contributed by atoms with Crippen molar-refractivity contribution in [2.24, 2.45) is 0 Å². The van der Waals surface area contributed by atoms with E-state index in [0.29, 0.717) is 28.8 Å². The van der Waals surface area contributed by atoms with Crippen LogP contribution < -0.4 is 20.3 Å². The highest BCUT2D eigenvalue weighted by atomic mass is 16.5. The number of methoxy groups -OCH3 is 2. The zero-order valence-corrected chi connectivity index (χ0v) is 14.8. The quantitative estimate of drug-likeness (QED) is 0.711. The summed E-state index contributed by atoms with van der Waals surface area (Å²) in [5.41, 5.74) is 0.229. The number of amides is 1. The smallest absolute Gasteiger partial charge is 0.325 e. The maximum atomic E-state index is 12.6. The molecule has 0 aliphatic rings. The number of carboxylic acids is 1. The minimum absolute atomic E-state index is 0.105. The SMILES string of the molecule is COc1cc2ncn(CCCC(=O)NC(C)C(=O)O)c(=O)c2cc1OC. The molecule has 0 saturated carbocycles. The van der Waals surface area contributed by atoms with Crippen LogP contribution >= 0.6 is 0 Å². The van der Waals surface area contributed by atoms with E-state index in [1.165, 1.54) is 32.0 Å². The third kappa shape index (κ3) is 4.29. The van der Waals surface area contributed by atoms with Crippen LogP contribution in [0.5, 0.6) is 11.5 Å². The number of hydrogen-bond donors (Lipinski definition) is 2. The van der Waals surface area contributed by atoms with E-state index < -0.39 is 12.0 Å². The number of aryl methyl sites for hydroxylation is 1. The molecule has 0 aliphatic heterocycles. The van der Waals surface area contributed by atoms with Crippen molar-refractivity contribution in [1.29, 1.82) is 0 Å². The molecule has 9 nitrogen and oxygen atoms in total. The van der Waals surface area contributed by atoms with Gasteiger partial charge in [0.2, 0.25) is 5.91 Å². The first-order valence-electron chi connectivity index (χ1n) is 8.00. The van der Waals surface area contributed by atoms with Crippen LogP contribution in [0.2, 0.25) is 0 Å². The second kappa shape index (κ2) is 8.32. The monoisotopic (exact) mass is 363 g/mol. The minimum Gasteiger partial charge on any atom is -0.493 e. The Morgan fingerprint density at radius 3 is 2.54 bits per heavy atom. The van der Waals surface area contributed by atoms with Crippen molar-refractivity contribution < 1.29 is 24.2 Å². The van der Waals surface area contributed by atoms with Gasteiger partial charge in [-0.3, -0.25) is 19.0 Å². The molecule has 2 N–H and O–H groups in total. The van der Waals surface area contributed by atoms with Crippen molar-refractivity contribution in [3.05, 3.63) is 28.8 Å². The molecule has 2 aromatic rings. The van der Waals surface area contributed by atoms with E-state index in [1.807, 2.05) is 0 Å². The molecule has 0 fully saturated rings. The number of aromatic nitrogens is 2. The molecule has 1 aromatic carbocycles. The molecule has 0 bridgehead atoms. The van der Waals surface area contributed by atoms with Gasteiger partial charge >= 0.3 is 5.97 Å². The fourth-order valence-electron chi connectivity index (χ4n) is 2.43. The Kier molecular flexibility index (Phi) is 6.16. The molecule has 26 heavy (non-hydrogen) atoms. The molecule has 1 unspecified atom stereocenters. The average Bonchev–Trinajstić information content (AvgIpc) is 2.62. The van der Waals surface area contributed by atoms with Crippen LogP contribution in [-0.4, -0.2) is 46.8 Å². The van der Waals surface area contributed by atoms with E-state index in [0.717, 1.165) is 0 Å². The van der Waals surface area contributed by atoms with E-state index in [2.05, 4.69) is 10.3 Å². The third-order valence-electron chi connectivity index (χ3n) is 3.88. The molecule has 0 saturated heterocycles. The highest BCUT2D eigenvalue weighted by Gasteiger charge is 2.14. The predicted octanol–water partition coefficient (Wildman–Crippen LogP) is 0.783. The molecule has 9 heteroatoms. The molecule has 1 atom stereocenters. The van der Waals surface area contributed by atoms with Crippen LogP contribution in [-0.2, 0) is 16.1 Å². The number of rotatable bonds is 8. The van der Waals surface area contributed by atoms with Gasteiger partial charge in [0.15, 0.2) is 11.5 Å². The largest absolute Gasteiger partial charge is 0.493 e. The molecule has 140 valence electrons. The van der Waals surface area contributed by atoms with E-state index in [1.54, 1.807) is 12.1 Å². The van der Waals surface area contributed by atoms with Crippen LogP contribution in [0.1, 0.15) is 19.8 Å². The molecule has 1 amide bonds. The fraction of sp³-hybridized carbons (Fsp3) is 0.412. The number of fused-ring (bicyclic) bond motifs is 1.